The van der Waals surface area contributed by atoms with Crippen LogP contribution in [0.2, 0.25) is 0 Å². The zero-order valence-electron chi connectivity index (χ0n) is 10.7. The van der Waals surface area contributed by atoms with Crippen molar-refractivity contribution >= 4 is 5.69 Å². The fraction of sp³-hybridized carbons (Fsp3) is 0.385. The second-order valence-corrected chi connectivity index (χ2v) is 4.62. The fourth-order valence-electron chi connectivity index (χ4n) is 1.69. The van der Waals surface area contributed by atoms with Crippen LogP contribution in [0.5, 0.6) is 0 Å². The van der Waals surface area contributed by atoms with Crippen LogP contribution < -0.4 is 5.73 Å². The summed E-state index contributed by atoms with van der Waals surface area (Å²) in [4.78, 5) is 4.46. The number of hydrogen-bond acceptors (Lipinski definition) is 3. The minimum atomic E-state index is 0.338. The molecule has 0 fully saturated rings. The number of rotatable bonds is 2. The number of nitrogen functional groups attached to an aromatic ring is 1. The smallest absolute Gasteiger partial charge is 0.153 e. The van der Waals surface area contributed by atoms with Crippen molar-refractivity contribution in [1.29, 1.82) is 0 Å². The number of nitrogens with two attached hydrogens (primary N) is 1. The Hall–Kier alpha value is -1.84. The van der Waals surface area contributed by atoms with Gasteiger partial charge in [0, 0.05) is 11.6 Å². The second kappa shape index (κ2) is 4.20. The molecule has 0 aliphatic carbocycles. The maximum atomic E-state index is 5.81. The Bertz CT molecular complexity index is 540. The monoisotopic (exact) mass is 230 g/mol. The van der Waals surface area contributed by atoms with E-state index in [2.05, 4.69) is 23.9 Å². The predicted molar refractivity (Wildman–Crippen MR) is 69.3 cm³/mol. The van der Waals surface area contributed by atoms with E-state index < -0.39 is 0 Å². The zero-order chi connectivity index (χ0) is 12.6. The Labute approximate surface area is 101 Å². The van der Waals surface area contributed by atoms with Gasteiger partial charge in [-0.2, -0.15) is 5.10 Å². The first-order valence-corrected chi connectivity index (χ1v) is 5.79. The van der Waals surface area contributed by atoms with E-state index in [4.69, 9.17) is 5.73 Å². The molecule has 1 aromatic carbocycles. The summed E-state index contributed by atoms with van der Waals surface area (Å²) in [5.74, 6) is 2.11. The molecule has 4 heteroatoms. The van der Waals surface area contributed by atoms with Gasteiger partial charge in [-0.05, 0) is 37.6 Å². The molecule has 4 nitrogen and oxygen atoms in total. The minimum absolute atomic E-state index is 0.338. The van der Waals surface area contributed by atoms with Crippen LogP contribution in [0.25, 0.3) is 5.69 Å². The molecular formula is C13H18N4. The van der Waals surface area contributed by atoms with Crippen LogP contribution in [0.4, 0.5) is 5.69 Å². The molecule has 1 aromatic heterocycles. The van der Waals surface area contributed by atoms with Gasteiger partial charge in [-0.25, -0.2) is 9.67 Å². The summed E-state index contributed by atoms with van der Waals surface area (Å²) in [6, 6.07) is 5.90. The highest BCUT2D eigenvalue weighted by atomic mass is 15.3. The van der Waals surface area contributed by atoms with Gasteiger partial charge < -0.3 is 5.73 Å². The summed E-state index contributed by atoms with van der Waals surface area (Å²) < 4.78 is 1.86. The van der Waals surface area contributed by atoms with Gasteiger partial charge >= 0.3 is 0 Å². The molecule has 17 heavy (non-hydrogen) atoms. The van der Waals surface area contributed by atoms with Crippen molar-refractivity contribution in [1.82, 2.24) is 14.8 Å². The summed E-state index contributed by atoms with van der Waals surface area (Å²) in [6.45, 7) is 8.14. The van der Waals surface area contributed by atoms with Crippen LogP contribution in [0.15, 0.2) is 18.2 Å². The Kier molecular flexibility index (Phi) is 2.88. The Balaban J connectivity index is 2.49. The highest BCUT2D eigenvalue weighted by Crippen LogP contribution is 2.18. The summed E-state index contributed by atoms with van der Waals surface area (Å²) >= 11 is 0. The average Bonchev–Trinajstić information content (AvgIpc) is 2.65. The van der Waals surface area contributed by atoms with Crippen molar-refractivity contribution in [3.63, 3.8) is 0 Å². The van der Waals surface area contributed by atoms with Crippen LogP contribution >= 0.6 is 0 Å². The lowest BCUT2D eigenvalue weighted by atomic mass is 10.2. The van der Waals surface area contributed by atoms with E-state index in [0.29, 0.717) is 5.92 Å². The summed E-state index contributed by atoms with van der Waals surface area (Å²) in [5.41, 5.74) is 8.68. The van der Waals surface area contributed by atoms with Crippen molar-refractivity contribution in [2.24, 2.45) is 0 Å². The molecule has 0 unspecified atom stereocenters. The van der Waals surface area contributed by atoms with Gasteiger partial charge in [0.1, 0.15) is 5.82 Å². The van der Waals surface area contributed by atoms with Gasteiger partial charge in [0.2, 0.25) is 0 Å². The lowest BCUT2D eigenvalue weighted by Crippen LogP contribution is -2.01. The van der Waals surface area contributed by atoms with E-state index in [1.807, 2.05) is 36.7 Å². The number of aromatic nitrogens is 3. The standard InChI is InChI=1S/C13H18N4/c1-8(2)13-15-10(4)17(16-13)11-5-6-12(14)9(3)7-11/h5-8H,14H2,1-4H3. The molecule has 90 valence electrons. The third-order valence-corrected chi connectivity index (χ3v) is 2.80. The van der Waals surface area contributed by atoms with Crippen LogP contribution in [-0.4, -0.2) is 14.8 Å². The van der Waals surface area contributed by atoms with Gasteiger partial charge in [-0.3, -0.25) is 0 Å². The highest BCUT2D eigenvalue weighted by Gasteiger charge is 2.11. The number of nitrogens with zero attached hydrogens (tertiary/aromatic N) is 3. The summed E-state index contributed by atoms with van der Waals surface area (Å²) in [5, 5.41) is 4.52. The van der Waals surface area contributed by atoms with E-state index in [-0.39, 0.29) is 0 Å². The summed E-state index contributed by atoms with van der Waals surface area (Å²) in [6.07, 6.45) is 0. The van der Waals surface area contributed by atoms with Crippen molar-refractivity contribution in [3.05, 3.63) is 35.4 Å². The number of hydrogen-bond donors (Lipinski definition) is 1. The van der Waals surface area contributed by atoms with Crippen LogP contribution in [0.3, 0.4) is 0 Å². The predicted octanol–water partition coefficient (Wildman–Crippen LogP) is 2.59. The van der Waals surface area contributed by atoms with Crippen LogP contribution in [0.1, 0.15) is 37.0 Å². The molecule has 0 spiro atoms. The molecule has 0 atom stereocenters. The lowest BCUT2D eigenvalue weighted by Gasteiger charge is -2.06. The van der Waals surface area contributed by atoms with Gasteiger partial charge in [0.15, 0.2) is 5.82 Å². The highest BCUT2D eigenvalue weighted by molar-refractivity contribution is 5.51. The third-order valence-electron chi connectivity index (χ3n) is 2.80. The van der Waals surface area contributed by atoms with E-state index in [1.165, 1.54) is 0 Å². The normalized spacial score (nSPS) is 11.1. The molecule has 2 aromatic rings. The first-order valence-electron chi connectivity index (χ1n) is 5.79. The van der Waals surface area contributed by atoms with Crippen molar-refractivity contribution in [3.8, 4) is 5.69 Å². The molecule has 0 bridgehead atoms. The molecular weight excluding hydrogens is 212 g/mol. The third kappa shape index (κ3) is 2.16. The average molecular weight is 230 g/mol. The maximum absolute atomic E-state index is 5.81. The van der Waals surface area contributed by atoms with E-state index >= 15 is 0 Å². The van der Waals surface area contributed by atoms with Crippen LogP contribution in [0, 0.1) is 13.8 Å². The van der Waals surface area contributed by atoms with Gasteiger partial charge in [-0.15, -0.1) is 0 Å². The van der Waals surface area contributed by atoms with Gasteiger partial charge in [0.05, 0.1) is 5.69 Å². The molecule has 0 saturated heterocycles. The summed E-state index contributed by atoms with van der Waals surface area (Å²) in [7, 11) is 0. The molecule has 2 rings (SSSR count). The topological polar surface area (TPSA) is 56.7 Å². The lowest BCUT2D eigenvalue weighted by molar-refractivity contribution is 0.751. The molecule has 0 aliphatic heterocycles. The molecule has 0 radical (unpaired) electrons. The number of anilines is 1. The Morgan fingerprint density at radius 2 is 1.94 bits per heavy atom. The van der Waals surface area contributed by atoms with E-state index in [0.717, 1.165) is 28.6 Å². The first-order chi connectivity index (χ1) is 7.99. The molecule has 0 saturated carbocycles. The zero-order valence-corrected chi connectivity index (χ0v) is 10.7. The van der Waals surface area contributed by atoms with Gasteiger partial charge in [0.25, 0.3) is 0 Å². The van der Waals surface area contributed by atoms with E-state index in [9.17, 15) is 0 Å². The van der Waals surface area contributed by atoms with Crippen molar-refractivity contribution in [2.45, 2.75) is 33.6 Å². The quantitative estimate of drug-likeness (QED) is 0.807. The Morgan fingerprint density at radius 1 is 1.24 bits per heavy atom. The fourth-order valence-corrected chi connectivity index (χ4v) is 1.69. The molecule has 2 N–H and O–H groups in total. The largest absolute Gasteiger partial charge is 0.399 e. The molecule has 1 heterocycles. The molecule has 0 amide bonds. The second-order valence-electron chi connectivity index (χ2n) is 4.62. The van der Waals surface area contributed by atoms with Crippen molar-refractivity contribution in [2.75, 3.05) is 5.73 Å². The SMILES string of the molecule is Cc1cc(-n2nc(C(C)C)nc2C)ccc1N. The Morgan fingerprint density at radius 3 is 2.47 bits per heavy atom. The van der Waals surface area contributed by atoms with Crippen molar-refractivity contribution < 1.29 is 0 Å². The maximum Gasteiger partial charge on any atom is 0.153 e. The minimum Gasteiger partial charge on any atom is -0.399 e. The first kappa shape index (κ1) is 11.6. The van der Waals surface area contributed by atoms with E-state index in [1.54, 1.807) is 0 Å². The van der Waals surface area contributed by atoms with Crippen LogP contribution in [-0.2, 0) is 0 Å². The van der Waals surface area contributed by atoms with Gasteiger partial charge in [-0.1, -0.05) is 13.8 Å². The molecule has 0 aliphatic rings. The number of benzene rings is 1. The number of aryl methyl sites for hydroxylation is 2.